The van der Waals surface area contributed by atoms with Crippen molar-refractivity contribution < 1.29 is 18.7 Å². The summed E-state index contributed by atoms with van der Waals surface area (Å²) in [6.45, 7) is 0. The van der Waals surface area contributed by atoms with Crippen molar-refractivity contribution in [2.45, 2.75) is 0 Å². The second kappa shape index (κ2) is 8.15. The van der Waals surface area contributed by atoms with E-state index in [2.05, 4.69) is 11.1 Å². The van der Waals surface area contributed by atoms with E-state index in [1.165, 1.54) is 35.6 Å². The van der Waals surface area contributed by atoms with E-state index in [0.717, 1.165) is 11.1 Å². The molecule has 0 amide bonds. The summed E-state index contributed by atoms with van der Waals surface area (Å²) in [4.78, 5) is 15.4. The molecule has 1 N–H and O–H groups in total. The Morgan fingerprint density at radius 3 is 2.43 bits per heavy atom. The van der Waals surface area contributed by atoms with Gasteiger partial charge >= 0.3 is 5.97 Å². The van der Waals surface area contributed by atoms with E-state index >= 15 is 0 Å². The lowest BCUT2D eigenvalue weighted by atomic mass is 10.1. The van der Waals surface area contributed by atoms with Gasteiger partial charge in [-0.3, -0.25) is 0 Å². The van der Waals surface area contributed by atoms with E-state index in [0.29, 0.717) is 27.8 Å². The van der Waals surface area contributed by atoms with Crippen molar-refractivity contribution in [3.8, 4) is 28.7 Å². The Morgan fingerprint density at radius 1 is 1.07 bits per heavy atom. The smallest absolute Gasteiger partial charge is 0.335 e. The highest BCUT2D eigenvalue weighted by molar-refractivity contribution is 7.11. The fraction of sp³-hybridized carbons (Fsp3) is 0. The highest BCUT2D eigenvalue weighted by atomic mass is 32.1. The second-order valence-corrected chi connectivity index (χ2v) is 7.16. The van der Waals surface area contributed by atoms with Gasteiger partial charge in [0.1, 0.15) is 28.4 Å². The van der Waals surface area contributed by atoms with Gasteiger partial charge in [-0.2, -0.15) is 5.26 Å². The molecule has 30 heavy (non-hydrogen) atoms. The molecule has 0 radical (unpaired) electrons. The quantitative estimate of drug-likeness (QED) is 0.405. The zero-order valence-corrected chi connectivity index (χ0v) is 16.2. The second-order valence-electron chi connectivity index (χ2n) is 6.30. The SMILES string of the molecule is N#C/C(=C\c1ccc(-c2ccc(C(=O)O)cc2)o1)c1nc(-c2ccc(F)cc2)cs1. The van der Waals surface area contributed by atoms with Gasteiger partial charge in [0.15, 0.2) is 0 Å². The predicted molar refractivity (Wildman–Crippen MR) is 112 cm³/mol. The first-order valence-corrected chi connectivity index (χ1v) is 9.68. The van der Waals surface area contributed by atoms with Gasteiger partial charge in [-0.05, 0) is 48.5 Å². The van der Waals surface area contributed by atoms with Crippen molar-refractivity contribution in [2.24, 2.45) is 0 Å². The molecule has 0 bridgehead atoms. The molecule has 0 unspecified atom stereocenters. The summed E-state index contributed by atoms with van der Waals surface area (Å²) in [5.74, 6) is -0.284. The maximum Gasteiger partial charge on any atom is 0.335 e. The van der Waals surface area contributed by atoms with Gasteiger partial charge in [-0.25, -0.2) is 14.2 Å². The first-order chi connectivity index (χ1) is 14.5. The molecule has 0 saturated carbocycles. The minimum Gasteiger partial charge on any atom is -0.478 e. The predicted octanol–water partition coefficient (Wildman–Crippen LogP) is 5.97. The molecule has 2 aromatic heterocycles. The third kappa shape index (κ3) is 4.04. The number of hydrogen-bond acceptors (Lipinski definition) is 5. The van der Waals surface area contributed by atoms with Crippen LogP contribution in [0.4, 0.5) is 4.39 Å². The number of benzene rings is 2. The van der Waals surface area contributed by atoms with E-state index in [1.807, 2.05) is 5.38 Å². The zero-order valence-electron chi connectivity index (χ0n) is 15.4. The lowest BCUT2D eigenvalue weighted by Gasteiger charge is -1.98. The number of nitrogens with zero attached hydrogens (tertiary/aromatic N) is 2. The Labute approximate surface area is 175 Å². The molecule has 5 nitrogen and oxygen atoms in total. The van der Waals surface area contributed by atoms with E-state index in [4.69, 9.17) is 9.52 Å². The van der Waals surface area contributed by atoms with Crippen LogP contribution in [-0.2, 0) is 0 Å². The monoisotopic (exact) mass is 416 g/mol. The Bertz CT molecular complexity index is 1280. The number of thiazole rings is 1. The van der Waals surface area contributed by atoms with Gasteiger partial charge in [-0.1, -0.05) is 12.1 Å². The van der Waals surface area contributed by atoms with Gasteiger partial charge in [0.25, 0.3) is 0 Å². The number of aromatic carboxylic acids is 1. The van der Waals surface area contributed by atoms with Crippen molar-refractivity contribution in [1.82, 2.24) is 4.98 Å². The Morgan fingerprint density at radius 2 is 1.77 bits per heavy atom. The number of halogens is 1. The minimum absolute atomic E-state index is 0.193. The number of carboxylic acids is 1. The third-order valence-corrected chi connectivity index (χ3v) is 5.20. The number of carboxylic acid groups (broad SMARTS) is 1. The summed E-state index contributed by atoms with van der Waals surface area (Å²) in [6, 6.07) is 17.9. The summed E-state index contributed by atoms with van der Waals surface area (Å²) < 4.78 is 18.9. The molecule has 0 aliphatic carbocycles. The first kappa shape index (κ1) is 19.3. The van der Waals surface area contributed by atoms with Crippen molar-refractivity contribution in [3.05, 3.63) is 88.2 Å². The van der Waals surface area contributed by atoms with Crippen LogP contribution in [0.25, 0.3) is 34.2 Å². The lowest BCUT2D eigenvalue weighted by molar-refractivity contribution is 0.0697. The van der Waals surface area contributed by atoms with E-state index < -0.39 is 5.97 Å². The summed E-state index contributed by atoms with van der Waals surface area (Å²) in [6.07, 6.45) is 1.60. The van der Waals surface area contributed by atoms with E-state index in [-0.39, 0.29) is 11.4 Å². The zero-order chi connectivity index (χ0) is 21.1. The molecule has 2 heterocycles. The van der Waals surface area contributed by atoms with Crippen LogP contribution in [-0.4, -0.2) is 16.1 Å². The van der Waals surface area contributed by atoms with Crippen LogP contribution in [0.3, 0.4) is 0 Å². The molecule has 0 atom stereocenters. The molecular formula is C23H13FN2O3S. The third-order valence-electron chi connectivity index (χ3n) is 4.32. The Hall–Kier alpha value is -4.02. The Kier molecular flexibility index (Phi) is 5.24. The van der Waals surface area contributed by atoms with Crippen LogP contribution in [0.2, 0.25) is 0 Å². The largest absolute Gasteiger partial charge is 0.478 e. The molecule has 0 aliphatic rings. The molecule has 0 spiro atoms. The molecule has 7 heteroatoms. The van der Waals surface area contributed by atoms with Crippen LogP contribution < -0.4 is 0 Å². The highest BCUT2D eigenvalue weighted by Gasteiger charge is 2.11. The number of hydrogen-bond donors (Lipinski definition) is 1. The summed E-state index contributed by atoms with van der Waals surface area (Å²) in [5.41, 5.74) is 2.69. The summed E-state index contributed by atoms with van der Waals surface area (Å²) in [5, 5.41) is 20.9. The number of nitriles is 1. The number of carbonyl (C=O) groups is 1. The number of aromatic nitrogens is 1. The van der Waals surface area contributed by atoms with Gasteiger partial charge in [0.2, 0.25) is 0 Å². The molecule has 0 fully saturated rings. The summed E-state index contributed by atoms with van der Waals surface area (Å²) in [7, 11) is 0. The molecular weight excluding hydrogens is 403 g/mol. The van der Waals surface area contributed by atoms with Crippen LogP contribution in [0.15, 0.2) is 70.5 Å². The average Bonchev–Trinajstić information content (AvgIpc) is 3.42. The minimum atomic E-state index is -0.994. The first-order valence-electron chi connectivity index (χ1n) is 8.81. The van der Waals surface area contributed by atoms with E-state index in [9.17, 15) is 14.4 Å². The number of furan rings is 1. The van der Waals surface area contributed by atoms with Gasteiger partial charge < -0.3 is 9.52 Å². The van der Waals surface area contributed by atoms with Crippen molar-refractivity contribution in [2.75, 3.05) is 0 Å². The lowest BCUT2D eigenvalue weighted by Crippen LogP contribution is -1.94. The number of allylic oxidation sites excluding steroid dienone is 1. The van der Waals surface area contributed by atoms with Gasteiger partial charge in [-0.15, -0.1) is 11.3 Å². The Balaban J connectivity index is 1.59. The molecule has 4 aromatic rings. The fourth-order valence-corrected chi connectivity index (χ4v) is 3.59. The molecule has 146 valence electrons. The molecule has 4 rings (SSSR count). The summed E-state index contributed by atoms with van der Waals surface area (Å²) >= 11 is 1.32. The van der Waals surface area contributed by atoms with Gasteiger partial charge in [0, 0.05) is 22.6 Å². The molecule has 0 saturated heterocycles. The highest BCUT2D eigenvalue weighted by Crippen LogP contribution is 2.29. The molecule has 2 aromatic carbocycles. The normalized spacial score (nSPS) is 11.3. The fourth-order valence-electron chi connectivity index (χ4n) is 2.80. The van der Waals surface area contributed by atoms with Crippen LogP contribution in [0.1, 0.15) is 21.1 Å². The maximum atomic E-state index is 13.1. The maximum absolute atomic E-state index is 13.1. The topological polar surface area (TPSA) is 87.1 Å². The number of rotatable bonds is 5. The van der Waals surface area contributed by atoms with Crippen molar-refractivity contribution >= 4 is 29.0 Å². The van der Waals surface area contributed by atoms with Crippen LogP contribution in [0, 0.1) is 17.1 Å². The van der Waals surface area contributed by atoms with Crippen LogP contribution >= 0.6 is 11.3 Å². The van der Waals surface area contributed by atoms with Crippen molar-refractivity contribution in [3.63, 3.8) is 0 Å². The van der Waals surface area contributed by atoms with Crippen molar-refractivity contribution in [1.29, 1.82) is 5.26 Å². The molecule has 0 aliphatic heterocycles. The standard InChI is InChI=1S/C23H13FN2O3S/c24-18-7-5-14(6-8-18)20-13-30-22(26-20)17(12-25)11-19-9-10-21(29-19)15-1-3-16(4-2-15)23(27)28/h1-11,13H,(H,27,28)/b17-11+. The van der Waals surface area contributed by atoms with Gasteiger partial charge in [0.05, 0.1) is 16.8 Å². The van der Waals surface area contributed by atoms with E-state index in [1.54, 1.807) is 42.5 Å². The average molecular weight is 416 g/mol. The van der Waals surface area contributed by atoms with Crippen LogP contribution in [0.5, 0.6) is 0 Å².